The fraction of sp³-hybridized carbons (Fsp3) is 0.909. The molecule has 2 unspecified atom stereocenters. The highest BCUT2D eigenvalue weighted by molar-refractivity contribution is 5.85. The maximum absolute atomic E-state index is 11.5. The van der Waals surface area contributed by atoms with Gasteiger partial charge in [-0.2, -0.15) is 0 Å². The summed E-state index contributed by atoms with van der Waals surface area (Å²) in [5, 5.41) is 6.01. The molecule has 4 nitrogen and oxygen atoms in total. The standard InChI is InChI=1S/C11H22N2O2.ClH/c1-11(2)8(7-9(11)15-4)13-10(14)5-6-12-3;/h8-9,12H,5-7H2,1-4H3,(H,13,14);1H. The van der Waals surface area contributed by atoms with Gasteiger partial charge in [0, 0.05) is 31.5 Å². The summed E-state index contributed by atoms with van der Waals surface area (Å²) in [5.74, 6) is 0.122. The number of nitrogens with one attached hydrogen (secondary N) is 2. The van der Waals surface area contributed by atoms with Crippen LogP contribution in [0.5, 0.6) is 0 Å². The van der Waals surface area contributed by atoms with E-state index in [1.54, 1.807) is 7.11 Å². The van der Waals surface area contributed by atoms with Crippen molar-refractivity contribution in [1.82, 2.24) is 10.6 Å². The number of ether oxygens (including phenoxy) is 1. The largest absolute Gasteiger partial charge is 0.381 e. The second-order valence-corrected chi connectivity index (χ2v) is 4.76. The number of methoxy groups -OCH3 is 1. The van der Waals surface area contributed by atoms with E-state index >= 15 is 0 Å². The average molecular weight is 251 g/mol. The molecule has 1 aliphatic carbocycles. The lowest BCUT2D eigenvalue weighted by Crippen LogP contribution is -2.61. The van der Waals surface area contributed by atoms with Crippen molar-refractivity contribution in [3.63, 3.8) is 0 Å². The van der Waals surface area contributed by atoms with Gasteiger partial charge in [-0.15, -0.1) is 12.4 Å². The third-order valence-corrected chi connectivity index (χ3v) is 3.40. The molecule has 1 amide bonds. The van der Waals surface area contributed by atoms with Gasteiger partial charge in [0.25, 0.3) is 0 Å². The van der Waals surface area contributed by atoms with Gasteiger partial charge in [0.1, 0.15) is 0 Å². The molecule has 0 saturated heterocycles. The molecule has 5 heteroatoms. The van der Waals surface area contributed by atoms with Gasteiger partial charge in [0.2, 0.25) is 5.91 Å². The fourth-order valence-corrected chi connectivity index (χ4v) is 2.04. The van der Waals surface area contributed by atoms with Crippen LogP contribution in [0.15, 0.2) is 0 Å². The molecular weight excluding hydrogens is 228 g/mol. The Balaban J connectivity index is 0.00000225. The third-order valence-electron chi connectivity index (χ3n) is 3.40. The van der Waals surface area contributed by atoms with E-state index < -0.39 is 0 Å². The zero-order valence-corrected chi connectivity index (χ0v) is 11.3. The van der Waals surface area contributed by atoms with Crippen molar-refractivity contribution in [3.05, 3.63) is 0 Å². The van der Waals surface area contributed by atoms with Crippen LogP contribution >= 0.6 is 12.4 Å². The first-order chi connectivity index (χ1) is 7.02. The first-order valence-corrected chi connectivity index (χ1v) is 5.49. The number of carbonyl (C=O) groups is 1. The summed E-state index contributed by atoms with van der Waals surface area (Å²) in [6.07, 6.45) is 1.74. The zero-order valence-electron chi connectivity index (χ0n) is 10.5. The Morgan fingerprint density at radius 2 is 2.12 bits per heavy atom. The molecule has 0 spiro atoms. The maximum atomic E-state index is 11.5. The molecule has 0 bridgehead atoms. The molecule has 0 aromatic heterocycles. The highest BCUT2D eigenvalue weighted by atomic mass is 35.5. The predicted molar refractivity (Wildman–Crippen MR) is 66.9 cm³/mol. The van der Waals surface area contributed by atoms with Crippen molar-refractivity contribution in [2.24, 2.45) is 5.41 Å². The van der Waals surface area contributed by atoms with Gasteiger partial charge in [-0.3, -0.25) is 4.79 Å². The molecule has 0 radical (unpaired) electrons. The van der Waals surface area contributed by atoms with Crippen LogP contribution in [0.4, 0.5) is 0 Å². The third kappa shape index (κ3) is 3.34. The van der Waals surface area contributed by atoms with Crippen molar-refractivity contribution in [1.29, 1.82) is 0 Å². The van der Waals surface area contributed by atoms with Crippen LogP contribution in [0.2, 0.25) is 0 Å². The summed E-state index contributed by atoms with van der Waals surface area (Å²) in [6.45, 7) is 4.99. The molecule has 0 aliphatic heterocycles. The second-order valence-electron chi connectivity index (χ2n) is 4.76. The van der Waals surface area contributed by atoms with Crippen molar-refractivity contribution in [3.8, 4) is 0 Å². The molecule has 2 N–H and O–H groups in total. The average Bonchev–Trinajstić information content (AvgIpc) is 2.20. The van der Waals surface area contributed by atoms with Gasteiger partial charge in [0.05, 0.1) is 6.10 Å². The highest BCUT2D eigenvalue weighted by Gasteiger charge is 2.49. The lowest BCUT2D eigenvalue weighted by Gasteiger charge is -2.51. The normalized spacial score (nSPS) is 26.5. The minimum Gasteiger partial charge on any atom is -0.381 e. The number of hydrogen-bond acceptors (Lipinski definition) is 3. The first-order valence-electron chi connectivity index (χ1n) is 5.49. The lowest BCUT2D eigenvalue weighted by molar-refractivity contribution is -0.132. The summed E-state index contributed by atoms with van der Waals surface area (Å²) in [4.78, 5) is 11.5. The number of amides is 1. The predicted octanol–water partition coefficient (Wildman–Crippen LogP) is 0.947. The van der Waals surface area contributed by atoms with Crippen LogP contribution in [-0.4, -0.2) is 38.8 Å². The second kappa shape index (κ2) is 6.42. The van der Waals surface area contributed by atoms with E-state index in [1.165, 1.54) is 0 Å². The Labute approximate surface area is 104 Å². The Bertz CT molecular complexity index is 234. The molecule has 0 aromatic rings. The summed E-state index contributed by atoms with van der Waals surface area (Å²) in [6, 6.07) is 0.256. The van der Waals surface area contributed by atoms with Crippen LogP contribution in [0, 0.1) is 5.41 Å². The van der Waals surface area contributed by atoms with Crippen molar-refractivity contribution in [2.75, 3.05) is 20.7 Å². The highest BCUT2D eigenvalue weighted by Crippen LogP contribution is 2.42. The van der Waals surface area contributed by atoms with Crippen molar-refractivity contribution in [2.45, 2.75) is 38.8 Å². The maximum Gasteiger partial charge on any atom is 0.221 e. The van der Waals surface area contributed by atoms with Gasteiger partial charge in [0.15, 0.2) is 0 Å². The first kappa shape index (κ1) is 15.7. The minimum atomic E-state index is 0. The van der Waals surface area contributed by atoms with E-state index in [0.29, 0.717) is 6.42 Å². The summed E-state index contributed by atoms with van der Waals surface area (Å²) < 4.78 is 5.33. The van der Waals surface area contributed by atoms with Crippen LogP contribution in [0.25, 0.3) is 0 Å². The molecule has 1 fully saturated rings. The number of halogens is 1. The van der Waals surface area contributed by atoms with Crippen molar-refractivity contribution < 1.29 is 9.53 Å². The minimum absolute atomic E-state index is 0. The smallest absolute Gasteiger partial charge is 0.221 e. The number of carbonyl (C=O) groups excluding carboxylic acids is 1. The molecule has 2 atom stereocenters. The molecule has 96 valence electrons. The monoisotopic (exact) mass is 250 g/mol. The molecule has 1 saturated carbocycles. The fourth-order valence-electron chi connectivity index (χ4n) is 2.04. The molecule has 1 rings (SSSR count). The Morgan fingerprint density at radius 1 is 1.50 bits per heavy atom. The topological polar surface area (TPSA) is 50.4 Å². The van der Waals surface area contributed by atoms with Gasteiger partial charge in [-0.05, 0) is 13.5 Å². The molecular formula is C11H23ClN2O2. The number of hydrogen-bond donors (Lipinski definition) is 2. The van der Waals surface area contributed by atoms with Gasteiger partial charge in [-0.25, -0.2) is 0 Å². The van der Waals surface area contributed by atoms with Crippen LogP contribution in [-0.2, 0) is 9.53 Å². The van der Waals surface area contributed by atoms with E-state index in [2.05, 4.69) is 24.5 Å². The summed E-state index contributed by atoms with van der Waals surface area (Å²) >= 11 is 0. The summed E-state index contributed by atoms with van der Waals surface area (Å²) in [5.41, 5.74) is 0.0596. The van der Waals surface area contributed by atoms with E-state index in [0.717, 1.165) is 13.0 Å². The van der Waals surface area contributed by atoms with E-state index in [-0.39, 0.29) is 35.9 Å². The molecule has 0 heterocycles. The van der Waals surface area contributed by atoms with Gasteiger partial charge < -0.3 is 15.4 Å². The quantitative estimate of drug-likeness (QED) is 0.764. The Hall–Kier alpha value is -0.320. The van der Waals surface area contributed by atoms with Crippen molar-refractivity contribution >= 4 is 18.3 Å². The van der Waals surface area contributed by atoms with Crippen LogP contribution in [0.1, 0.15) is 26.7 Å². The number of rotatable bonds is 5. The van der Waals surface area contributed by atoms with Crippen LogP contribution in [0.3, 0.4) is 0 Å². The van der Waals surface area contributed by atoms with Gasteiger partial charge in [-0.1, -0.05) is 13.8 Å². The zero-order chi connectivity index (χ0) is 11.5. The van der Waals surface area contributed by atoms with Crippen LogP contribution < -0.4 is 10.6 Å². The molecule has 0 aromatic carbocycles. The lowest BCUT2D eigenvalue weighted by atomic mass is 9.64. The molecule has 1 aliphatic rings. The van der Waals surface area contributed by atoms with E-state index in [1.807, 2.05) is 7.05 Å². The Kier molecular flexibility index (Phi) is 6.30. The summed E-state index contributed by atoms with van der Waals surface area (Å²) in [7, 11) is 3.58. The van der Waals surface area contributed by atoms with E-state index in [9.17, 15) is 4.79 Å². The molecule has 16 heavy (non-hydrogen) atoms. The SMILES string of the molecule is CNCCC(=O)NC1CC(OC)C1(C)C.Cl. The van der Waals surface area contributed by atoms with Gasteiger partial charge >= 0.3 is 0 Å². The van der Waals surface area contributed by atoms with E-state index in [4.69, 9.17) is 4.74 Å². The Morgan fingerprint density at radius 3 is 2.56 bits per heavy atom.